The maximum absolute atomic E-state index is 14.3. The lowest BCUT2D eigenvalue weighted by molar-refractivity contribution is 0.402. The van der Waals surface area contributed by atoms with Gasteiger partial charge in [0.15, 0.2) is 0 Å². The molecule has 2 atom stereocenters. The second-order valence-electron chi connectivity index (χ2n) is 8.17. The topological polar surface area (TPSA) is 73.9 Å². The summed E-state index contributed by atoms with van der Waals surface area (Å²) in [7, 11) is 4.07. The van der Waals surface area contributed by atoms with Crippen LogP contribution in [-0.4, -0.2) is 34.2 Å². The van der Waals surface area contributed by atoms with Crippen LogP contribution in [0.2, 0.25) is 0 Å². The maximum Gasteiger partial charge on any atom is 0.272 e. The van der Waals surface area contributed by atoms with Crippen LogP contribution in [0.15, 0.2) is 65.7 Å². The van der Waals surface area contributed by atoms with Crippen molar-refractivity contribution in [3.8, 4) is 0 Å². The third-order valence-corrected chi connectivity index (χ3v) is 5.72. The van der Waals surface area contributed by atoms with Gasteiger partial charge in [-0.05, 0) is 55.1 Å². The Labute approximate surface area is 178 Å². The molecule has 0 unspecified atom stereocenters. The smallest absolute Gasteiger partial charge is 0.272 e. The van der Waals surface area contributed by atoms with E-state index >= 15 is 0 Å². The first kappa shape index (κ1) is 19.4. The van der Waals surface area contributed by atoms with E-state index in [0.29, 0.717) is 16.5 Å². The van der Waals surface area contributed by atoms with Crippen LogP contribution < -0.4 is 10.9 Å². The summed E-state index contributed by atoms with van der Waals surface area (Å²) in [5, 5.41) is 11.5. The highest BCUT2D eigenvalue weighted by atomic mass is 19.1. The van der Waals surface area contributed by atoms with Gasteiger partial charge in [-0.25, -0.2) is 9.49 Å². The highest BCUT2D eigenvalue weighted by Gasteiger charge is 2.35. The van der Waals surface area contributed by atoms with Gasteiger partial charge in [0, 0.05) is 30.0 Å². The predicted molar refractivity (Wildman–Crippen MR) is 119 cm³/mol. The third-order valence-electron chi connectivity index (χ3n) is 5.72. The fourth-order valence-electron chi connectivity index (χ4n) is 4.43. The van der Waals surface area contributed by atoms with Crippen molar-refractivity contribution in [1.82, 2.24) is 20.1 Å². The number of halogens is 1. The number of nitrogens with zero attached hydrogens (tertiary/aromatic N) is 3. The summed E-state index contributed by atoms with van der Waals surface area (Å²) in [4.78, 5) is 18.6. The fourth-order valence-corrected chi connectivity index (χ4v) is 4.43. The van der Waals surface area contributed by atoms with E-state index in [1.807, 2.05) is 26.2 Å². The van der Waals surface area contributed by atoms with Crippen LogP contribution in [0.3, 0.4) is 0 Å². The molecular weight excluding hydrogens is 393 g/mol. The second-order valence-corrected chi connectivity index (χ2v) is 8.17. The zero-order valence-corrected chi connectivity index (χ0v) is 17.3. The highest BCUT2D eigenvalue weighted by Crippen LogP contribution is 2.46. The van der Waals surface area contributed by atoms with E-state index in [4.69, 9.17) is 0 Å². The molecule has 0 radical (unpaired) electrons. The minimum Gasteiger partial charge on any atom is -0.377 e. The number of pyridine rings is 1. The van der Waals surface area contributed by atoms with Crippen molar-refractivity contribution >= 4 is 16.5 Å². The normalized spacial score (nSPS) is 17.7. The predicted octanol–water partition coefficient (Wildman–Crippen LogP) is 3.82. The lowest BCUT2D eigenvalue weighted by Gasteiger charge is -2.34. The standard InChI is InChI=1S/C24H22FN5O/c1-30(2)13-14-3-5-15(6-4-14)20-22(16-7-9-26-10-8-16)27-19-12-17(25)11-18-21(19)23(20)28-29-24(18)31/h3-12,20,22,27H,13H2,1-2H3,(H,29,31)/t20-,22+/m1/s1. The van der Waals surface area contributed by atoms with Crippen LogP contribution in [0.5, 0.6) is 0 Å². The molecule has 0 aliphatic carbocycles. The van der Waals surface area contributed by atoms with Gasteiger partial charge in [0.05, 0.1) is 23.0 Å². The van der Waals surface area contributed by atoms with Crippen molar-refractivity contribution in [2.75, 3.05) is 19.4 Å². The molecule has 0 saturated heterocycles. The SMILES string of the molecule is CN(C)Cc1ccc([C@H]2c3n[nH]c(=O)c4cc(F)cc(c34)N[C@H]2c2ccncc2)cc1. The van der Waals surface area contributed by atoms with Gasteiger partial charge < -0.3 is 10.2 Å². The summed E-state index contributed by atoms with van der Waals surface area (Å²) >= 11 is 0. The molecule has 2 aromatic heterocycles. The lowest BCUT2D eigenvalue weighted by atomic mass is 9.80. The Morgan fingerprint density at radius 3 is 2.48 bits per heavy atom. The number of anilines is 1. The summed E-state index contributed by atoms with van der Waals surface area (Å²) in [5.41, 5.74) is 4.18. The first-order valence-corrected chi connectivity index (χ1v) is 10.1. The average molecular weight is 415 g/mol. The Bertz CT molecular complexity index is 1300. The largest absolute Gasteiger partial charge is 0.377 e. The van der Waals surface area contributed by atoms with Crippen LogP contribution in [0.1, 0.15) is 34.3 Å². The number of nitrogens with one attached hydrogen (secondary N) is 2. The van der Waals surface area contributed by atoms with Crippen molar-refractivity contribution in [3.05, 3.63) is 99.5 Å². The van der Waals surface area contributed by atoms with Gasteiger partial charge in [-0.15, -0.1) is 0 Å². The molecule has 2 N–H and O–H groups in total. The summed E-state index contributed by atoms with van der Waals surface area (Å²) in [6, 6.07) is 14.8. The first-order valence-electron chi connectivity index (χ1n) is 10.1. The Morgan fingerprint density at radius 1 is 1.03 bits per heavy atom. The molecule has 6 nitrogen and oxygen atoms in total. The van der Waals surface area contributed by atoms with Crippen LogP contribution in [0.4, 0.5) is 10.1 Å². The molecule has 0 spiro atoms. The van der Waals surface area contributed by atoms with Gasteiger partial charge >= 0.3 is 0 Å². The monoisotopic (exact) mass is 415 g/mol. The first-order chi connectivity index (χ1) is 15.0. The van der Waals surface area contributed by atoms with Crippen molar-refractivity contribution in [2.24, 2.45) is 0 Å². The zero-order valence-electron chi connectivity index (χ0n) is 17.3. The van der Waals surface area contributed by atoms with Crippen LogP contribution in [-0.2, 0) is 6.54 Å². The number of aromatic nitrogens is 3. The quantitative estimate of drug-likeness (QED) is 0.530. The van der Waals surface area contributed by atoms with Crippen molar-refractivity contribution < 1.29 is 4.39 Å². The van der Waals surface area contributed by atoms with Gasteiger partial charge in [-0.1, -0.05) is 24.3 Å². The number of H-pyrrole nitrogens is 1. The molecule has 5 rings (SSSR count). The number of hydrogen-bond acceptors (Lipinski definition) is 5. The molecule has 0 bridgehead atoms. The zero-order chi connectivity index (χ0) is 21.5. The van der Waals surface area contributed by atoms with Crippen molar-refractivity contribution in [2.45, 2.75) is 18.5 Å². The summed E-state index contributed by atoms with van der Waals surface area (Å²) in [6.45, 7) is 0.847. The Hall–Kier alpha value is -3.58. The van der Waals surface area contributed by atoms with Gasteiger partial charge in [0.1, 0.15) is 5.82 Å². The van der Waals surface area contributed by atoms with Crippen LogP contribution in [0, 0.1) is 5.82 Å². The van der Waals surface area contributed by atoms with E-state index in [1.54, 1.807) is 12.4 Å². The molecule has 0 saturated carbocycles. The Balaban J connectivity index is 1.72. The second kappa shape index (κ2) is 7.59. The van der Waals surface area contributed by atoms with E-state index in [0.717, 1.165) is 23.4 Å². The van der Waals surface area contributed by atoms with E-state index in [9.17, 15) is 9.18 Å². The van der Waals surface area contributed by atoms with Crippen molar-refractivity contribution in [1.29, 1.82) is 0 Å². The van der Waals surface area contributed by atoms with Gasteiger partial charge in [-0.3, -0.25) is 9.78 Å². The summed E-state index contributed by atoms with van der Waals surface area (Å²) in [5.74, 6) is -0.634. The Morgan fingerprint density at radius 2 is 1.77 bits per heavy atom. The number of aromatic amines is 1. The molecule has 1 aliphatic rings. The van der Waals surface area contributed by atoms with Crippen LogP contribution in [0.25, 0.3) is 10.8 Å². The van der Waals surface area contributed by atoms with Gasteiger partial charge in [0.25, 0.3) is 5.56 Å². The van der Waals surface area contributed by atoms with Crippen LogP contribution >= 0.6 is 0 Å². The van der Waals surface area contributed by atoms with Crippen molar-refractivity contribution in [3.63, 3.8) is 0 Å². The summed E-state index contributed by atoms with van der Waals surface area (Å²) < 4.78 is 14.3. The molecular formula is C24H22FN5O. The fraction of sp³-hybridized carbons (Fsp3) is 0.208. The Kier molecular flexibility index (Phi) is 4.75. The van der Waals surface area contributed by atoms with E-state index < -0.39 is 11.4 Å². The minimum atomic E-state index is -0.461. The molecule has 3 heterocycles. The molecule has 31 heavy (non-hydrogen) atoms. The van der Waals surface area contributed by atoms with E-state index in [1.165, 1.54) is 17.7 Å². The summed E-state index contributed by atoms with van der Waals surface area (Å²) in [6.07, 6.45) is 3.48. The van der Waals surface area contributed by atoms with E-state index in [2.05, 4.69) is 49.7 Å². The molecule has 1 aliphatic heterocycles. The van der Waals surface area contributed by atoms with Gasteiger partial charge in [0.2, 0.25) is 0 Å². The molecule has 0 amide bonds. The molecule has 0 fully saturated rings. The van der Waals surface area contributed by atoms with E-state index in [-0.39, 0.29) is 12.0 Å². The molecule has 4 aromatic rings. The lowest BCUT2D eigenvalue weighted by Crippen LogP contribution is -2.28. The van der Waals surface area contributed by atoms with Gasteiger partial charge in [-0.2, -0.15) is 5.10 Å². The molecule has 2 aromatic carbocycles. The minimum absolute atomic E-state index is 0.173. The number of rotatable bonds is 4. The maximum atomic E-state index is 14.3. The highest BCUT2D eigenvalue weighted by molar-refractivity contribution is 5.97. The third kappa shape index (κ3) is 3.47. The average Bonchev–Trinajstić information content (AvgIpc) is 2.76. The molecule has 7 heteroatoms. The molecule has 156 valence electrons. The number of benzene rings is 2. The number of hydrogen-bond donors (Lipinski definition) is 2.